The standard InChI is InChI=1S/C33H56O3/c1-6-8-9-10-11-12-13-25-15-17-29-28-16-14-26-22-27(36-31(34)35-23-24(3)7-2)18-20-33(26,5)30(28)19-21-32(25,29)4/h14,24-25,27-30H,6-13,15-23H2,1-5H3/t24-,25-,27-,28+,29-,30+,32+,33-/m0/s1. The highest BCUT2D eigenvalue weighted by Gasteiger charge is 2.58. The Kier molecular flexibility index (Phi) is 9.54. The molecule has 8 atom stereocenters. The molecule has 0 aliphatic heterocycles. The van der Waals surface area contributed by atoms with Crippen molar-refractivity contribution < 1.29 is 14.3 Å². The first-order chi connectivity index (χ1) is 17.3. The van der Waals surface area contributed by atoms with Crippen LogP contribution < -0.4 is 0 Å². The van der Waals surface area contributed by atoms with E-state index in [0.29, 0.717) is 23.4 Å². The molecule has 3 fully saturated rings. The van der Waals surface area contributed by atoms with Crippen molar-refractivity contribution in [1.29, 1.82) is 0 Å². The highest BCUT2D eigenvalue weighted by atomic mass is 16.7. The van der Waals surface area contributed by atoms with Crippen LogP contribution in [0.25, 0.3) is 0 Å². The fraction of sp³-hybridized carbons (Fsp3) is 0.909. The van der Waals surface area contributed by atoms with Crippen molar-refractivity contribution in [1.82, 2.24) is 0 Å². The summed E-state index contributed by atoms with van der Waals surface area (Å²) in [5.41, 5.74) is 2.47. The van der Waals surface area contributed by atoms with Crippen LogP contribution in [0, 0.1) is 40.4 Å². The van der Waals surface area contributed by atoms with Crippen LogP contribution in [0.2, 0.25) is 0 Å². The van der Waals surface area contributed by atoms with Crippen LogP contribution in [0.5, 0.6) is 0 Å². The highest BCUT2D eigenvalue weighted by Crippen LogP contribution is 2.66. The third kappa shape index (κ3) is 5.85. The molecule has 0 N–H and O–H groups in total. The maximum atomic E-state index is 12.3. The highest BCUT2D eigenvalue weighted by molar-refractivity contribution is 5.60. The predicted octanol–water partition coefficient (Wildman–Crippen LogP) is 9.88. The molecule has 0 unspecified atom stereocenters. The van der Waals surface area contributed by atoms with Crippen LogP contribution in [0.3, 0.4) is 0 Å². The summed E-state index contributed by atoms with van der Waals surface area (Å²) in [7, 11) is 0. The normalized spacial score (nSPS) is 38.4. The molecular weight excluding hydrogens is 444 g/mol. The molecule has 4 aliphatic rings. The van der Waals surface area contributed by atoms with E-state index in [1.807, 2.05) is 0 Å². The number of hydrogen-bond acceptors (Lipinski definition) is 3. The van der Waals surface area contributed by atoms with Crippen molar-refractivity contribution in [2.24, 2.45) is 40.4 Å². The molecule has 0 aromatic rings. The molecule has 0 aromatic heterocycles. The van der Waals surface area contributed by atoms with Gasteiger partial charge in [-0.25, -0.2) is 4.79 Å². The Labute approximate surface area is 222 Å². The number of unbranched alkanes of at least 4 members (excludes halogenated alkanes) is 5. The SMILES string of the molecule is CCCCCCCC[C@H]1CC[C@H]2[C@H]3CC=C4C[C@@H](OC(=O)OC[C@@H](C)CC)CC[C@]4(C)[C@@H]3CC[C@]12C. The third-order valence-electron chi connectivity index (χ3n) is 11.6. The van der Waals surface area contributed by atoms with E-state index in [9.17, 15) is 4.79 Å². The summed E-state index contributed by atoms with van der Waals surface area (Å²) in [4.78, 5) is 12.3. The number of carbonyl (C=O) groups excluding carboxylic acids is 1. The number of rotatable bonds is 11. The summed E-state index contributed by atoms with van der Waals surface area (Å²) in [6.45, 7) is 12.2. The minimum absolute atomic E-state index is 0.00708. The van der Waals surface area contributed by atoms with Gasteiger partial charge < -0.3 is 9.47 Å². The lowest BCUT2D eigenvalue weighted by Gasteiger charge is -2.58. The Bertz CT molecular complexity index is 758. The predicted molar refractivity (Wildman–Crippen MR) is 149 cm³/mol. The number of allylic oxidation sites excluding steroid dienone is 1. The summed E-state index contributed by atoms with van der Waals surface area (Å²) in [5.74, 6) is 3.95. The zero-order valence-electron chi connectivity index (χ0n) is 24.3. The minimum Gasteiger partial charge on any atom is -0.434 e. The van der Waals surface area contributed by atoms with Crippen LogP contribution >= 0.6 is 0 Å². The summed E-state index contributed by atoms with van der Waals surface area (Å²) in [6, 6.07) is 0. The number of fused-ring (bicyclic) bond motifs is 5. The van der Waals surface area contributed by atoms with Gasteiger partial charge in [0.2, 0.25) is 0 Å². The first-order valence-corrected chi connectivity index (χ1v) is 15.8. The molecule has 0 bridgehead atoms. The minimum atomic E-state index is -0.464. The van der Waals surface area contributed by atoms with Gasteiger partial charge in [-0.15, -0.1) is 0 Å². The van der Waals surface area contributed by atoms with Gasteiger partial charge in [0.25, 0.3) is 0 Å². The monoisotopic (exact) mass is 500 g/mol. The number of carbonyl (C=O) groups is 1. The van der Waals surface area contributed by atoms with E-state index in [0.717, 1.165) is 49.4 Å². The van der Waals surface area contributed by atoms with Gasteiger partial charge in [-0.05, 0) is 91.8 Å². The Morgan fingerprint density at radius 1 is 1.00 bits per heavy atom. The lowest BCUT2D eigenvalue weighted by Crippen LogP contribution is -2.50. The largest absolute Gasteiger partial charge is 0.508 e. The van der Waals surface area contributed by atoms with Crippen LogP contribution in [0.15, 0.2) is 11.6 Å². The average Bonchev–Trinajstić information content (AvgIpc) is 3.21. The van der Waals surface area contributed by atoms with Crippen LogP contribution in [0.1, 0.15) is 137 Å². The molecule has 0 amide bonds. The lowest BCUT2D eigenvalue weighted by atomic mass is 9.47. The van der Waals surface area contributed by atoms with Gasteiger partial charge in [0, 0.05) is 6.42 Å². The van der Waals surface area contributed by atoms with E-state index in [2.05, 4.69) is 40.7 Å². The second-order valence-corrected chi connectivity index (χ2v) is 13.7. The van der Waals surface area contributed by atoms with Crippen molar-refractivity contribution in [3.63, 3.8) is 0 Å². The van der Waals surface area contributed by atoms with Crippen LogP contribution in [-0.4, -0.2) is 18.9 Å². The number of hydrogen-bond donors (Lipinski definition) is 0. The fourth-order valence-electron chi connectivity index (χ4n) is 8.98. The summed E-state index contributed by atoms with van der Waals surface area (Å²) < 4.78 is 11.2. The molecule has 0 aromatic carbocycles. The first-order valence-electron chi connectivity index (χ1n) is 15.8. The van der Waals surface area contributed by atoms with Gasteiger partial charge in [0.05, 0.1) is 6.61 Å². The van der Waals surface area contributed by atoms with E-state index in [1.54, 1.807) is 5.57 Å². The summed E-state index contributed by atoms with van der Waals surface area (Å²) in [5, 5.41) is 0. The molecule has 4 aliphatic carbocycles. The van der Waals surface area contributed by atoms with E-state index in [1.165, 1.54) is 77.0 Å². The van der Waals surface area contributed by atoms with Crippen LogP contribution in [0.4, 0.5) is 4.79 Å². The second kappa shape index (κ2) is 12.2. The maximum Gasteiger partial charge on any atom is 0.508 e. The Hall–Kier alpha value is -0.990. The average molecular weight is 501 g/mol. The van der Waals surface area contributed by atoms with Gasteiger partial charge >= 0.3 is 6.16 Å². The van der Waals surface area contributed by atoms with E-state index >= 15 is 0 Å². The number of ether oxygens (including phenoxy) is 2. The zero-order valence-corrected chi connectivity index (χ0v) is 24.3. The van der Waals surface area contributed by atoms with E-state index in [-0.39, 0.29) is 6.10 Å². The molecular formula is C33H56O3. The van der Waals surface area contributed by atoms with Crippen molar-refractivity contribution in [3.8, 4) is 0 Å². The fourth-order valence-corrected chi connectivity index (χ4v) is 8.98. The topological polar surface area (TPSA) is 35.5 Å². The third-order valence-corrected chi connectivity index (χ3v) is 11.6. The van der Waals surface area contributed by atoms with Gasteiger partial charge in [0.1, 0.15) is 6.10 Å². The summed E-state index contributed by atoms with van der Waals surface area (Å²) >= 11 is 0. The molecule has 0 radical (unpaired) electrons. The molecule has 0 saturated heterocycles. The quantitative estimate of drug-likeness (QED) is 0.161. The molecule has 0 spiro atoms. The molecule has 36 heavy (non-hydrogen) atoms. The van der Waals surface area contributed by atoms with Gasteiger partial charge in [0.15, 0.2) is 0 Å². The van der Waals surface area contributed by atoms with Crippen LogP contribution in [-0.2, 0) is 9.47 Å². The van der Waals surface area contributed by atoms with Gasteiger partial charge in [-0.2, -0.15) is 0 Å². The maximum absolute atomic E-state index is 12.3. The Balaban J connectivity index is 1.32. The smallest absolute Gasteiger partial charge is 0.434 e. The molecule has 3 nitrogen and oxygen atoms in total. The summed E-state index contributed by atoms with van der Waals surface area (Å²) in [6.07, 6.45) is 23.2. The van der Waals surface area contributed by atoms with Crippen molar-refractivity contribution in [3.05, 3.63) is 11.6 Å². The molecule has 3 saturated carbocycles. The lowest BCUT2D eigenvalue weighted by molar-refractivity contribution is -0.0568. The second-order valence-electron chi connectivity index (χ2n) is 13.7. The Morgan fingerprint density at radius 3 is 2.56 bits per heavy atom. The molecule has 206 valence electrons. The van der Waals surface area contributed by atoms with Gasteiger partial charge in [-0.3, -0.25) is 0 Å². The first kappa shape index (κ1) is 28.0. The molecule has 0 heterocycles. The molecule has 4 rings (SSSR count). The van der Waals surface area contributed by atoms with Crippen molar-refractivity contribution >= 4 is 6.16 Å². The van der Waals surface area contributed by atoms with Crippen molar-refractivity contribution in [2.75, 3.05) is 6.61 Å². The van der Waals surface area contributed by atoms with E-state index < -0.39 is 6.16 Å². The Morgan fingerprint density at radius 2 is 1.78 bits per heavy atom. The van der Waals surface area contributed by atoms with E-state index in [4.69, 9.17) is 9.47 Å². The molecule has 3 heteroatoms. The zero-order chi connectivity index (χ0) is 25.8. The van der Waals surface area contributed by atoms with Gasteiger partial charge in [-0.1, -0.05) is 91.2 Å². The van der Waals surface area contributed by atoms with Crippen molar-refractivity contribution in [2.45, 2.75) is 143 Å².